The highest BCUT2D eigenvalue weighted by Crippen LogP contribution is 2.57. The molecule has 1 heterocycles. The summed E-state index contributed by atoms with van der Waals surface area (Å²) in [5.74, 6) is 0.142. The van der Waals surface area contributed by atoms with Gasteiger partial charge in [0.1, 0.15) is 18.1 Å². The van der Waals surface area contributed by atoms with Crippen LogP contribution in [0.25, 0.3) is 11.1 Å². The molecule has 0 spiro atoms. The third-order valence-corrected chi connectivity index (χ3v) is 8.30. The minimum absolute atomic E-state index is 0.153. The van der Waals surface area contributed by atoms with Gasteiger partial charge in [0, 0.05) is 11.0 Å². The average molecular weight is 521 g/mol. The van der Waals surface area contributed by atoms with Crippen LogP contribution in [0.4, 0.5) is 0 Å². The number of rotatable bonds is 5. The van der Waals surface area contributed by atoms with E-state index in [-0.39, 0.29) is 22.9 Å². The molecular weight excluding hydrogens is 488 g/mol. The quantitative estimate of drug-likeness (QED) is 0.256. The topological polar surface area (TPSA) is 76.0 Å². The minimum atomic E-state index is -0.780. The van der Waals surface area contributed by atoms with Gasteiger partial charge >= 0.3 is 5.97 Å². The Morgan fingerprint density at radius 3 is 2.18 bits per heavy atom. The smallest absolute Gasteiger partial charge is 0.338 e. The van der Waals surface area contributed by atoms with E-state index in [1.54, 1.807) is 6.07 Å². The fourth-order valence-corrected chi connectivity index (χ4v) is 6.20. The number of phenolic OH excluding ortho intramolecular Hbond substituents is 2. The van der Waals surface area contributed by atoms with Gasteiger partial charge in [-0.1, -0.05) is 67.6 Å². The number of phenols is 2. The summed E-state index contributed by atoms with van der Waals surface area (Å²) in [6.07, 6.45) is 0. The van der Waals surface area contributed by atoms with E-state index >= 15 is 0 Å². The monoisotopic (exact) mass is 520 g/mol. The van der Waals surface area contributed by atoms with Gasteiger partial charge in [-0.15, -0.1) is 0 Å². The SMILES string of the molecule is Cc1cc(C2(c3cc(C)c(O)c(C)c3)c3ccccc3-c3c(C(=O)OCC4(C)COC4)cccc32)ccc1O. The maximum Gasteiger partial charge on any atom is 0.338 e. The Morgan fingerprint density at radius 2 is 1.51 bits per heavy atom. The first-order valence-corrected chi connectivity index (χ1v) is 13.2. The number of carbonyl (C=O) groups is 1. The summed E-state index contributed by atoms with van der Waals surface area (Å²) in [4.78, 5) is 13.6. The van der Waals surface area contributed by atoms with Gasteiger partial charge < -0.3 is 19.7 Å². The number of ether oxygens (including phenoxy) is 2. The lowest BCUT2D eigenvalue weighted by Gasteiger charge is -2.37. The van der Waals surface area contributed by atoms with Crippen molar-refractivity contribution in [1.82, 2.24) is 0 Å². The molecule has 5 nitrogen and oxygen atoms in total. The number of fused-ring (bicyclic) bond motifs is 3. The van der Waals surface area contributed by atoms with Crippen LogP contribution in [0.2, 0.25) is 0 Å². The molecule has 39 heavy (non-hydrogen) atoms. The predicted molar refractivity (Wildman–Crippen MR) is 150 cm³/mol. The van der Waals surface area contributed by atoms with E-state index in [0.717, 1.165) is 50.1 Å². The molecule has 0 bridgehead atoms. The molecule has 0 saturated carbocycles. The fourth-order valence-electron chi connectivity index (χ4n) is 6.20. The Morgan fingerprint density at radius 1 is 0.846 bits per heavy atom. The van der Waals surface area contributed by atoms with Crippen molar-refractivity contribution in [3.05, 3.63) is 117 Å². The van der Waals surface area contributed by atoms with Gasteiger partial charge in [0.25, 0.3) is 0 Å². The maximum atomic E-state index is 13.6. The Bertz CT molecular complexity index is 1610. The summed E-state index contributed by atoms with van der Waals surface area (Å²) < 4.78 is 11.2. The highest BCUT2D eigenvalue weighted by Gasteiger charge is 2.48. The van der Waals surface area contributed by atoms with Crippen molar-refractivity contribution in [2.24, 2.45) is 5.41 Å². The number of benzene rings is 4. The van der Waals surface area contributed by atoms with E-state index in [1.165, 1.54) is 0 Å². The van der Waals surface area contributed by atoms with Gasteiger partial charge in [-0.25, -0.2) is 4.79 Å². The van der Waals surface area contributed by atoms with Crippen molar-refractivity contribution in [3.8, 4) is 22.6 Å². The van der Waals surface area contributed by atoms with Crippen molar-refractivity contribution in [3.63, 3.8) is 0 Å². The first-order valence-electron chi connectivity index (χ1n) is 13.2. The third kappa shape index (κ3) is 3.75. The summed E-state index contributed by atoms with van der Waals surface area (Å²) in [5.41, 5.74) is 7.67. The van der Waals surface area contributed by atoms with Gasteiger partial charge in [0.05, 0.1) is 24.2 Å². The lowest BCUT2D eigenvalue weighted by atomic mass is 9.67. The van der Waals surface area contributed by atoms with Crippen LogP contribution in [0.1, 0.15) is 56.2 Å². The van der Waals surface area contributed by atoms with Crippen molar-refractivity contribution < 1.29 is 24.5 Å². The van der Waals surface area contributed by atoms with Crippen LogP contribution in [0, 0.1) is 26.2 Å². The molecule has 5 heteroatoms. The molecule has 6 rings (SSSR count). The Labute approximate surface area is 228 Å². The second-order valence-corrected chi connectivity index (χ2v) is 11.4. The van der Waals surface area contributed by atoms with E-state index in [4.69, 9.17) is 9.47 Å². The van der Waals surface area contributed by atoms with Crippen LogP contribution in [0.3, 0.4) is 0 Å². The highest BCUT2D eigenvalue weighted by atomic mass is 16.5. The molecule has 0 amide bonds. The maximum absolute atomic E-state index is 13.6. The molecule has 2 N–H and O–H groups in total. The fraction of sp³-hybridized carbons (Fsp3) is 0.265. The van der Waals surface area contributed by atoms with Gasteiger partial charge in [0.2, 0.25) is 0 Å². The van der Waals surface area contributed by atoms with Crippen LogP contribution in [-0.4, -0.2) is 36.0 Å². The van der Waals surface area contributed by atoms with Gasteiger partial charge in [0.15, 0.2) is 0 Å². The molecule has 0 aromatic heterocycles. The van der Waals surface area contributed by atoms with Crippen LogP contribution in [0.15, 0.2) is 72.8 Å². The normalized spacial score (nSPS) is 18.7. The molecule has 1 atom stereocenters. The third-order valence-electron chi connectivity index (χ3n) is 8.30. The number of carbonyl (C=O) groups excluding carboxylic acids is 1. The molecule has 4 aromatic rings. The minimum Gasteiger partial charge on any atom is -0.508 e. The Balaban J connectivity index is 1.64. The Hall–Kier alpha value is -4.09. The molecular formula is C34H32O5. The second-order valence-electron chi connectivity index (χ2n) is 11.4. The summed E-state index contributed by atoms with van der Waals surface area (Å²) >= 11 is 0. The van der Waals surface area contributed by atoms with Gasteiger partial charge in [-0.05, 0) is 77.4 Å². The summed E-state index contributed by atoms with van der Waals surface area (Å²) in [7, 11) is 0. The van der Waals surface area contributed by atoms with E-state index in [9.17, 15) is 15.0 Å². The van der Waals surface area contributed by atoms with Crippen LogP contribution < -0.4 is 0 Å². The zero-order chi connectivity index (χ0) is 27.5. The van der Waals surface area contributed by atoms with Gasteiger partial charge in [-0.3, -0.25) is 0 Å². The summed E-state index contributed by atoms with van der Waals surface area (Å²) in [6, 6.07) is 23.7. The Kier molecular flexibility index (Phi) is 5.81. The largest absolute Gasteiger partial charge is 0.508 e. The van der Waals surface area contributed by atoms with E-state index in [2.05, 4.69) is 25.1 Å². The van der Waals surface area contributed by atoms with Crippen molar-refractivity contribution in [2.75, 3.05) is 19.8 Å². The molecule has 2 aliphatic rings. The standard InChI is InChI=1S/C34H32O5/c1-20-14-23(12-13-29(20)35)34(24-15-21(2)31(36)22(3)16-24)27-10-6-5-8-25(27)30-26(9-7-11-28(30)34)32(37)39-19-33(4)17-38-18-33/h5-16,35-36H,17-19H2,1-4H3. The molecule has 1 unspecified atom stereocenters. The average Bonchev–Trinajstić information content (AvgIpc) is 3.22. The molecule has 1 saturated heterocycles. The molecule has 1 aliphatic heterocycles. The summed E-state index contributed by atoms with van der Waals surface area (Å²) in [6.45, 7) is 9.22. The zero-order valence-electron chi connectivity index (χ0n) is 22.7. The number of aryl methyl sites for hydroxylation is 3. The van der Waals surface area contributed by atoms with E-state index in [1.807, 2.05) is 69.3 Å². The van der Waals surface area contributed by atoms with Crippen molar-refractivity contribution in [1.29, 1.82) is 0 Å². The van der Waals surface area contributed by atoms with E-state index < -0.39 is 5.41 Å². The van der Waals surface area contributed by atoms with Crippen LogP contribution in [-0.2, 0) is 14.9 Å². The molecule has 0 radical (unpaired) electrons. The number of hydrogen-bond acceptors (Lipinski definition) is 5. The van der Waals surface area contributed by atoms with Crippen molar-refractivity contribution in [2.45, 2.75) is 33.1 Å². The predicted octanol–water partition coefficient (Wildman–Crippen LogP) is 6.58. The van der Waals surface area contributed by atoms with Crippen molar-refractivity contribution >= 4 is 5.97 Å². The number of esters is 1. The number of aromatic hydroxyl groups is 2. The molecule has 198 valence electrons. The van der Waals surface area contributed by atoms with Gasteiger partial charge in [-0.2, -0.15) is 0 Å². The molecule has 4 aromatic carbocycles. The highest BCUT2D eigenvalue weighted by molar-refractivity contribution is 6.02. The lowest BCUT2D eigenvalue weighted by molar-refractivity contribution is -0.127. The van der Waals surface area contributed by atoms with Crippen LogP contribution in [0.5, 0.6) is 11.5 Å². The second kappa shape index (κ2) is 8.99. The molecule has 1 aliphatic carbocycles. The summed E-state index contributed by atoms with van der Waals surface area (Å²) in [5, 5.41) is 21.1. The lowest BCUT2D eigenvalue weighted by Crippen LogP contribution is -2.44. The first-order chi connectivity index (χ1) is 18.7. The first kappa shape index (κ1) is 25.2. The number of hydrogen-bond donors (Lipinski definition) is 2. The van der Waals surface area contributed by atoms with E-state index in [0.29, 0.717) is 25.4 Å². The molecule has 1 fully saturated rings. The zero-order valence-corrected chi connectivity index (χ0v) is 22.7. The van der Waals surface area contributed by atoms with Crippen LogP contribution >= 0.6 is 0 Å².